The number of hydrogen-bond donors (Lipinski definition) is 2. The van der Waals surface area contributed by atoms with Crippen LogP contribution >= 0.6 is 0 Å². The summed E-state index contributed by atoms with van der Waals surface area (Å²) >= 11 is 0. The first-order chi connectivity index (χ1) is 14.8. The van der Waals surface area contributed by atoms with Crippen LogP contribution in [0.1, 0.15) is 0 Å². The highest BCUT2D eigenvalue weighted by Crippen LogP contribution is 2.24. The molecule has 10 heteroatoms. The van der Waals surface area contributed by atoms with Crippen LogP contribution in [0, 0.1) is 0 Å². The van der Waals surface area contributed by atoms with E-state index in [4.69, 9.17) is 4.74 Å². The monoisotopic (exact) mass is 422 g/mol. The van der Waals surface area contributed by atoms with Crippen LogP contribution in [0.4, 0.5) is 10.5 Å². The first-order valence-electron chi connectivity index (χ1n) is 9.44. The lowest BCUT2D eigenvalue weighted by molar-refractivity contribution is -0.525. The number of likely N-dealkylation sites (N-methyl/N-ethyl adjacent to an activating group) is 2. The normalized spacial score (nSPS) is 18.1. The molecule has 2 aromatic rings. The molecular weight excluding hydrogens is 402 g/mol. The van der Waals surface area contributed by atoms with Gasteiger partial charge in [-0.1, -0.05) is 23.2 Å². The highest BCUT2D eigenvalue weighted by molar-refractivity contribution is 6.23. The van der Waals surface area contributed by atoms with Crippen LogP contribution < -0.4 is 10.1 Å². The molecule has 31 heavy (non-hydrogen) atoms. The van der Waals surface area contributed by atoms with Crippen molar-refractivity contribution in [3.05, 3.63) is 54.6 Å². The molecule has 0 saturated carbocycles. The molecule has 1 atom stereocenters. The smallest absolute Gasteiger partial charge is 0.395 e. The number of fused-ring (bicyclic) bond motifs is 1. The number of ether oxygens (including phenoxy) is 1. The molecular formula is C21H20N5O5+. The average molecular weight is 422 g/mol. The lowest BCUT2D eigenvalue weighted by Crippen LogP contribution is -2.61. The minimum absolute atomic E-state index is 0.169. The number of nitrogens with one attached hydrogen (secondary N) is 1. The molecule has 10 nitrogen and oxygen atoms in total. The number of carboxylic acids is 1. The summed E-state index contributed by atoms with van der Waals surface area (Å²) in [5, 5.41) is 12.4. The van der Waals surface area contributed by atoms with Crippen molar-refractivity contribution < 1.29 is 28.8 Å². The number of amidine groups is 1. The quantitative estimate of drug-likeness (QED) is 0.708. The van der Waals surface area contributed by atoms with E-state index in [0.29, 0.717) is 17.2 Å². The minimum atomic E-state index is -1.13. The lowest BCUT2D eigenvalue weighted by Gasteiger charge is -2.31. The number of amides is 3. The van der Waals surface area contributed by atoms with Gasteiger partial charge in [0.25, 0.3) is 5.91 Å². The van der Waals surface area contributed by atoms with E-state index in [-0.39, 0.29) is 11.8 Å². The Balaban J connectivity index is 1.60. The van der Waals surface area contributed by atoms with Gasteiger partial charge in [-0.15, -0.1) is 0 Å². The predicted molar refractivity (Wildman–Crippen MR) is 112 cm³/mol. The summed E-state index contributed by atoms with van der Waals surface area (Å²) in [6.45, 7) is -0.461. The molecule has 0 aromatic heterocycles. The molecule has 2 N–H and O–H groups in total. The molecule has 2 heterocycles. The van der Waals surface area contributed by atoms with Gasteiger partial charge in [-0.05, 0) is 36.4 Å². The van der Waals surface area contributed by atoms with Crippen LogP contribution in [0.3, 0.4) is 0 Å². The molecule has 1 fully saturated rings. The van der Waals surface area contributed by atoms with Crippen molar-refractivity contribution in [2.45, 2.75) is 6.04 Å². The summed E-state index contributed by atoms with van der Waals surface area (Å²) in [5.41, 5.74) is 0.614. The summed E-state index contributed by atoms with van der Waals surface area (Å²) in [5.74, 6) is 0.0108. The van der Waals surface area contributed by atoms with Crippen molar-refractivity contribution in [2.75, 3.05) is 26.0 Å². The highest BCUT2D eigenvalue weighted by atomic mass is 16.5. The van der Waals surface area contributed by atoms with Crippen LogP contribution in [-0.2, 0) is 9.59 Å². The Morgan fingerprint density at radius 1 is 1.06 bits per heavy atom. The van der Waals surface area contributed by atoms with Gasteiger partial charge in [0, 0.05) is 14.1 Å². The number of benzene rings is 2. The van der Waals surface area contributed by atoms with Gasteiger partial charge in [0.2, 0.25) is 11.9 Å². The molecule has 0 spiro atoms. The molecule has 2 aliphatic rings. The Morgan fingerprint density at radius 3 is 2.35 bits per heavy atom. The van der Waals surface area contributed by atoms with Crippen molar-refractivity contribution in [3.8, 4) is 11.5 Å². The fourth-order valence-electron chi connectivity index (χ4n) is 3.37. The zero-order valence-corrected chi connectivity index (χ0v) is 16.8. The number of carbonyl (C=O) groups excluding carboxylic acids is 2. The van der Waals surface area contributed by atoms with Crippen molar-refractivity contribution >= 4 is 35.4 Å². The van der Waals surface area contributed by atoms with Gasteiger partial charge in [0.05, 0.1) is 5.69 Å². The second kappa shape index (κ2) is 7.90. The minimum Gasteiger partial charge on any atom is -0.479 e. The molecule has 1 unspecified atom stereocenters. The SMILES string of the molecule is CN1C(=O)C2C(=NC(Nc3ccc(Oc4ccccc4)cc3)=[N+]2CC(=O)O)N(C)C1=O. The van der Waals surface area contributed by atoms with Crippen LogP contribution in [0.5, 0.6) is 11.5 Å². The topological polar surface area (TPSA) is 115 Å². The van der Waals surface area contributed by atoms with Gasteiger partial charge < -0.3 is 9.84 Å². The Bertz CT molecular complexity index is 1110. The van der Waals surface area contributed by atoms with Crippen LogP contribution in [-0.4, -0.2) is 75.9 Å². The molecule has 2 aromatic carbocycles. The molecule has 0 bridgehead atoms. The second-order valence-corrected chi connectivity index (χ2v) is 7.02. The fraction of sp³-hybridized carbons (Fsp3) is 0.190. The van der Waals surface area contributed by atoms with Crippen molar-refractivity contribution in [2.24, 2.45) is 4.99 Å². The molecule has 3 amide bonds. The van der Waals surface area contributed by atoms with Gasteiger partial charge in [-0.2, -0.15) is 0 Å². The number of hydrogen-bond acceptors (Lipinski definition) is 6. The van der Waals surface area contributed by atoms with Gasteiger partial charge in [0.15, 0.2) is 6.54 Å². The van der Waals surface area contributed by atoms with E-state index in [0.717, 1.165) is 4.90 Å². The van der Waals surface area contributed by atoms with E-state index < -0.39 is 30.5 Å². The van der Waals surface area contributed by atoms with Crippen LogP contribution in [0.15, 0.2) is 59.6 Å². The van der Waals surface area contributed by atoms with Gasteiger partial charge >= 0.3 is 18.0 Å². The fourth-order valence-corrected chi connectivity index (χ4v) is 3.37. The summed E-state index contributed by atoms with van der Waals surface area (Å²) in [6.07, 6.45) is 0. The number of urea groups is 1. The third-order valence-corrected chi connectivity index (χ3v) is 4.93. The third kappa shape index (κ3) is 3.82. The summed E-state index contributed by atoms with van der Waals surface area (Å²) in [4.78, 5) is 42.9. The Kier molecular flexibility index (Phi) is 5.12. The maximum Gasteiger partial charge on any atom is 0.395 e. The van der Waals surface area contributed by atoms with Gasteiger partial charge in [-0.3, -0.25) is 14.6 Å². The molecule has 1 saturated heterocycles. The van der Waals surface area contributed by atoms with Gasteiger partial charge in [-0.25, -0.2) is 19.5 Å². The van der Waals surface area contributed by atoms with E-state index in [1.54, 1.807) is 24.3 Å². The summed E-state index contributed by atoms with van der Waals surface area (Å²) in [6, 6.07) is 14.8. The number of anilines is 1. The lowest BCUT2D eigenvalue weighted by atomic mass is 10.1. The van der Waals surface area contributed by atoms with Crippen molar-refractivity contribution in [3.63, 3.8) is 0 Å². The number of nitrogens with zero attached hydrogens (tertiary/aromatic N) is 4. The van der Waals surface area contributed by atoms with E-state index in [9.17, 15) is 19.5 Å². The molecule has 2 aliphatic heterocycles. The first-order valence-corrected chi connectivity index (χ1v) is 9.44. The van der Waals surface area contributed by atoms with Gasteiger partial charge in [0.1, 0.15) is 11.5 Å². The summed E-state index contributed by atoms with van der Waals surface area (Å²) < 4.78 is 7.09. The second-order valence-electron chi connectivity index (χ2n) is 7.02. The number of aliphatic imine (C=N–C) groups is 1. The Morgan fingerprint density at radius 2 is 1.71 bits per heavy atom. The molecule has 0 aliphatic carbocycles. The molecule has 0 radical (unpaired) electrons. The number of carbonyl (C=O) groups is 3. The average Bonchev–Trinajstić information content (AvgIpc) is 3.10. The molecule has 158 valence electrons. The molecule has 4 rings (SSSR count). The van der Waals surface area contributed by atoms with E-state index in [2.05, 4.69) is 10.3 Å². The summed E-state index contributed by atoms with van der Waals surface area (Å²) in [7, 11) is 2.85. The van der Waals surface area contributed by atoms with E-state index in [1.165, 1.54) is 23.6 Å². The number of imide groups is 1. The van der Waals surface area contributed by atoms with Crippen molar-refractivity contribution in [1.29, 1.82) is 0 Å². The standard InChI is InChI=1S/C21H19N5O5/c1-24-18-17(19(29)25(2)21(24)30)26(12-16(27)28)20(23-18)22-13-8-10-15(11-9-13)31-14-6-4-3-5-7-14/h3-11,17H,12H2,1-2H3,(H,27,28)/p+1. The zero-order chi connectivity index (χ0) is 22.1. The van der Waals surface area contributed by atoms with E-state index in [1.807, 2.05) is 30.3 Å². The number of rotatable bonds is 5. The predicted octanol–water partition coefficient (Wildman–Crippen LogP) is 1.65. The maximum absolute atomic E-state index is 12.7. The van der Waals surface area contributed by atoms with Crippen LogP contribution in [0.25, 0.3) is 0 Å². The third-order valence-electron chi connectivity index (χ3n) is 4.93. The largest absolute Gasteiger partial charge is 0.479 e. The number of guanidine groups is 1. The number of carboxylic acid groups (broad SMARTS) is 1. The first kappa shape index (κ1) is 20.1. The Labute approximate surface area is 177 Å². The van der Waals surface area contributed by atoms with Crippen molar-refractivity contribution in [1.82, 2.24) is 9.80 Å². The van der Waals surface area contributed by atoms with Crippen LogP contribution in [0.2, 0.25) is 0 Å². The number of aliphatic carboxylic acids is 1. The zero-order valence-electron chi connectivity index (χ0n) is 16.8. The highest BCUT2D eigenvalue weighted by Gasteiger charge is 2.51. The number of para-hydroxylation sites is 1. The Hall–Kier alpha value is -4.21. The van der Waals surface area contributed by atoms with E-state index >= 15 is 0 Å². The maximum atomic E-state index is 12.7.